The quantitative estimate of drug-likeness (QED) is 0.718. The maximum atomic E-state index is 13.8. The second-order valence-corrected chi connectivity index (χ2v) is 8.20. The highest BCUT2D eigenvalue weighted by Gasteiger charge is 2.51. The van der Waals surface area contributed by atoms with Gasteiger partial charge in [-0.1, -0.05) is 11.6 Å². The van der Waals surface area contributed by atoms with Gasteiger partial charge in [-0.3, -0.25) is 9.59 Å². The normalized spacial score (nSPS) is 21.1. The summed E-state index contributed by atoms with van der Waals surface area (Å²) in [7, 11) is 0. The van der Waals surface area contributed by atoms with Gasteiger partial charge in [0, 0.05) is 24.7 Å². The van der Waals surface area contributed by atoms with E-state index in [4.69, 9.17) is 23.8 Å². The number of carbonyl (C=O) groups excluding carboxylic acids is 2. The zero-order valence-corrected chi connectivity index (χ0v) is 17.5. The van der Waals surface area contributed by atoms with Crippen molar-refractivity contribution in [3.63, 3.8) is 0 Å². The molecule has 0 spiro atoms. The zero-order valence-electron chi connectivity index (χ0n) is 15.9. The van der Waals surface area contributed by atoms with Gasteiger partial charge in [-0.2, -0.15) is 0 Å². The third-order valence-corrected chi connectivity index (χ3v) is 6.17. The molecule has 1 aromatic heterocycles. The molecule has 0 bridgehead atoms. The smallest absolute Gasteiger partial charge is 0.277 e. The summed E-state index contributed by atoms with van der Waals surface area (Å²) in [6.07, 6.45) is 2.05. The van der Waals surface area contributed by atoms with Crippen LogP contribution in [0.3, 0.4) is 0 Å². The molecule has 0 radical (unpaired) electrons. The van der Waals surface area contributed by atoms with Crippen LogP contribution in [0.15, 0.2) is 30.5 Å². The number of nitrogens with zero attached hydrogens (tertiary/aromatic N) is 3. The van der Waals surface area contributed by atoms with Gasteiger partial charge in [0.15, 0.2) is 22.4 Å². The molecule has 6 nitrogen and oxygen atoms in total. The molecule has 2 saturated heterocycles. The molecule has 1 amide bonds. The Balaban J connectivity index is 1.56. The molecule has 2 aromatic rings. The van der Waals surface area contributed by atoms with Crippen LogP contribution < -0.4 is 10.2 Å². The van der Waals surface area contributed by atoms with E-state index >= 15 is 0 Å². The van der Waals surface area contributed by atoms with Crippen LogP contribution in [-0.4, -0.2) is 45.3 Å². The van der Waals surface area contributed by atoms with Crippen LogP contribution >= 0.6 is 23.8 Å². The Kier molecular flexibility index (Phi) is 5.19. The molecule has 3 heterocycles. The summed E-state index contributed by atoms with van der Waals surface area (Å²) in [5.41, 5.74) is -0.295. The Bertz CT molecular complexity index is 1080. The molecule has 10 heteroatoms. The van der Waals surface area contributed by atoms with Crippen LogP contribution in [0, 0.1) is 11.6 Å². The molecule has 4 rings (SSSR count). The van der Waals surface area contributed by atoms with Gasteiger partial charge in [0.25, 0.3) is 5.91 Å². The lowest BCUT2D eigenvalue weighted by Crippen LogP contribution is -2.54. The predicted molar refractivity (Wildman–Crippen MR) is 113 cm³/mol. The van der Waals surface area contributed by atoms with E-state index in [1.54, 1.807) is 12.1 Å². The van der Waals surface area contributed by atoms with Crippen LogP contribution in [-0.2, 0) is 4.79 Å². The fourth-order valence-electron chi connectivity index (χ4n) is 3.83. The van der Waals surface area contributed by atoms with Gasteiger partial charge in [0.2, 0.25) is 0 Å². The summed E-state index contributed by atoms with van der Waals surface area (Å²) in [4.78, 5) is 32.0. The van der Waals surface area contributed by atoms with Gasteiger partial charge < -0.3 is 15.1 Å². The van der Waals surface area contributed by atoms with Gasteiger partial charge in [0.1, 0.15) is 11.4 Å². The largest absolute Gasteiger partial charge is 0.335 e. The second kappa shape index (κ2) is 7.55. The van der Waals surface area contributed by atoms with E-state index in [1.807, 2.05) is 16.7 Å². The van der Waals surface area contributed by atoms with Gasteiger partial charge in [-0.25, -0.2) is 13.8 Å². The van der Waals surface area contributed by atoms with E-state index in [9.17, 15) is 18.4 Å². The Labute approximate surface area is 181 Å². The first-order valence-corrected chi connectivity index (χ1v) is 10.0. The molecule has 2 aliphatic rings. The highest BCUT2D eigenvalue weighted by molar-refractivity contribution is 7.80. The summed E-state index contributed by atoms with van der Waals surface area (Å²) in [6.45, 7) is 2.98. The highest BCUT2D eigenvalue weighted by atomic mass is 35.5. The van der Waals surface area contributed by atoms with E-state index < -0.39 is 28.8 Å². The number of hydrogen-bond acceptors (Lipinski definition) is 4. The number of Topliss-reactive ketones (excluding diaryl/α,β-unsaturated/α-hetero) is 1. The number of thiocarbonyl (C=S) groups is 1. The number of benzene rings is 1. The first-order chi connectivity index (χ1) is 14.2. The van der Waals surface area contributed by atoms with Gasteiger partial charge in [0.05, 0.1) is 23.5 Å². The number of rotatable bonds is 3. The van der Waals surface area contributed by atoms with E-state index in [1.165, 1.54) is 6.07 Å². The Hall–Kier alpha value is -2.65. The zero-order chi connectivity index (χ0) is 21.6. The molecule has 1 N–H and O–H groups in total. The standard InChI is InChI=1S/C20H17ClF2N4O2S/c1-20-10-26(19(30)27(20)6-2-3-16(20)28)15-5-4-12(8-13(15)21)25-18(29)17-14(23)7-11(22)9-24-17/h4-5,7-9H,2-3,6,10H2,1H3,(H,25,29). The number of ketones is 1. The van der Waals surface area contributed by atoms with Crippen molar-refractivity contribution in [2.45, 2.75) is 25.3 Å². The van der Waals surface area contributed by atoms with Crippen molar-refractivity contribution in [3.8, 4) is 0 Å². The minimum Gasteiger partial charge on any atom is -0.335 e. The molecule has 2 fully saturated rings. The molecule has 156 valence electrons. The van der Waals surface area contributed by atoms with E-state index in [0.717, 1.165) is 12.6 Å². The number of fused-ring (bicyclic) bond motifs is 1. The molecule has 1 unspecified atom stereocenters. The molecule has 2 aliphatic heterocycles. The number of piperidine rings is 1. The number of anilines is 2. The lowest BCUT2D eigenvalue weighted by atomic mass is 9.88. The van der Waals surface area contributed by atoms with Gasteiger partial charge >= 0.3 is 0 Å². The molecular weight excluding hydrogens is 434 g/mol. The lowest BCUT2D eigenvalue weighted by Gasteiger charge is -2.37. The van der Waals surface area contributed by atoms with Crippen LogP contribution in [0.4, 0.5) is 20.2 Å². The van der Waals surface area contributed by atoms with Crippen LogP contribution in [0.25, 0.3) is 0 Å². The minimum absolute atomic E-state index is 0.146. The van der Waals surface area contributed by atoms with Crippen molar-refractivity contribution in [2.75, 3.05) is 23.3 Å². The maximum Gasteiger partial charge on any atom is 0.277 e. The molecular formula is C20H17ClF2N4O2S. The SMILES string of the molecule is CC12CN(c3ccc(NC(=O)c4ncc(F)cc4F)cc3Cl)C(=S)N1CCCC2=O. The summed E-state index contributed by atoms with van der Waals surface area (Å²) in [5, 5.41) is 3.32. The number of halogens is 3. The maximum absolute atomic E-state index is 13.8. The number of hydrogen-bond donors (Lipinski definition) is 1. The van der Waals surface area contributed by atoms with Crippen molar-refractivity contribution < 1.29 is 18.4 Å². The average Bonchev–Trinajstić information content (AvgIpc) is 2.94. The predicted octanol–water partition coefficient (Wildman–Crippen LogP) is 3.79. The van der Waals surface area contributed by atoms with Crippen molar-refractivity contribution >= 4 is 52.0 Å². The first-order valence-electron chi connectivity index (χ1n) is 9.25. The third-order valence-electron chi connectivity index (χ3n) is 5.43. The van der Waals surface area contributed by atoms with Crippen molar-refractivity contribution in [2.24, 2.45) is 0 Å². The second-order valence-electron chi connectivity index (χ2n) is 7.43. The summed E-state index contributed by atoms with van der Waals surface area (Å²) in [5.74, 6) is -2.62. The molecule has 1 atom stereocenters. The fourth-order valence-corrected chi connectivity index (χ4v) is 4.57. The Morgan fingerprint density at radius 1 is 1.33 bits per heavy atom. The summed E-state index contributed by atoms with van der Waals surface area (Å²) < 4.78 is 26.8. The Morgan fingerprint density at radius 3 is 2.77 bits per heavy atom. The number of aromatic nitrogens is 1. The molecule has 1 aromatic carbocycles. The van der Waals surface area contributed by atoms with Gasteiger partial charge in [-0.15, -0.1) is 0 Å². The summed E-state index contributed by atoms with van der Waals surface area (Å²) in [6, 6.07) is 5.35. The van der Waals surface area contributed by atoms with Crippen molar-refractivity contribution in [1.82, 2.24) is 9.88 Å². The fraction of sp³-hybridized carbons (Fsp3) is 0.300. The number of nitrogens with one attached hydrogen (secondary N) is 1. The average molecular weight is 451 g/mol. The van der Waals surface area contributed by atoms with E-state index in [2.05, 4.69) is 10.3 Å². The number of amides is 1. The van der Waals surface area contributed by atoms with Crippen molar-refractivity contribution in [3.05, 3.63) is 52.8 Å². The van der Waals surface area contributed by atoms with Crippen LogP contribution in [0.2, 0.25) is 5.02 Å². The van der Waals surface area contributed by atoms with Crippen LogP contribution in [0.5, 0.6) is 0 Å². The minimum atomic E-state index is -1.06. The van der Waals surface area contributed by atoms with E-state index in [-0.39, 0.29) is 5.78 Å². The number of carbonyl (C=O) groups is 2. The third kappa shape index (κ3) is 3.41. The van der Waals surface area contributed by atoms with Crippen LogP contribution in [0.1, 0.15) is 30.3 Å². The monoisotopic (exact) mass is 450 g/mol. The highest BCUT2D eigenvalue weighted by Crippen LogP contribution is 2.39. The number of pyridine rings is 1. The lowest BCUT2D eigenvalue weighted by molar-refractivity contribution is -0.129. The summed E-state index contributed by atoms with van der Waals surface area (Å²) >= 11 is 12.0. The first kappa shape index (κ1) is 20.6. The molecule has 0 saturated carbocycles. The molecule has 0 aliphatic carbocycles. The van der Waals surface area contributed by atoms with Gasteiger partial charge in [-0.05, 0) is 43.8 Å². The van der Waals surface area contributed by atoms with Crippen molar-refractivity contribution in [1.29, 1.82) is 0 Å². The van der Waals surface area contributed by atoms with E-state index in [0.29, 0.717) is 47.1 Å². The topological polar surface area (TPSA) is 65.5 Å². The Morgan fingerprint density at radius 2 is 2.10 bits per heavy atom. The molecule has 30 heavy (non-hydrogen) atoms.